The van der Waals surface area contributed by atoms with E-state index in [2.05, 4.69) is 99.0 Å². The largest absolute Gasteiger partial charge is 0.370 e. The van der Waals surface area contributed by atoms with Gasteiger partial charge in [-0.3, -0.25) is 64.0 Å². The van der Waals surface area contributed by atoms with Crippen molar-refractivity contribution in [2.45, 2.75) is 125 Å². The molecular weight excluding hydrogens is 1360 g/mol. The van der Waals surface area contributed by atoms with E-state index in [0.717, 1.165) is 21.6 Å². The summed E-state index contributed by atoms with van der Waals surface area (Å²) in [5.74, 6) is -8.91. The number of nitrogens with two attached hydrogens (primary N) is 1. The van der Waals surface area contributed by atoms with E-state index in [9.17, 15) is 47.9 Å². The van der Waals surface area contributed by atoms with Crippen LogP contribution in [0.25, 0.3) is 21.8 Å². The van der Waals surface area contributed by atoms with Crippen molar-refractivity contribution in [3.05, 3.63) is 180 Å². The fourth-order valence-corrected chi connectivity index (χ4v) is 13.1. The van der Waals surface area contributed by atoms with Crippen LogP contribution in [0.1, 0.15) is 60.3 Å². The van der Waals surface area contributed by atoms with E-state index in [-0.39, 0.29) is 63.9 Å². The molecule has 34 heteroatoms. The number of urea groups is 1. The number of rotatable bonds is 18. The molecule has 1 aliphatic rings. The maximum Gasteiger partial charge on any atom is 0.322 e. The average molecular weight is 1450 g/mol. The summed E-state index contributed by atoms with van der Waals surface area (Å²) in [6.45, 7) is 2.22. The zero-order chi connectivity index (χ0) is 73.4. The van der Waals surface area contributed by atoms with E-state index in [4.69, 9.17) is 11.1 Å². The van der Waals surface area contributed by atoms with E-state index >= 15 is 4.79 Å². The Hall–Kier alpha value is -11.5. The molecule has 8 aromatic rings. The summed E-state index contributed by atoms with van der Waals surface area (Å²) in [5.41, 5.74) is 10.1. The molecule has 32 nitrogen and oxygen atoms in total. The molecule has 0 spiro atoms. The number of H-pyrrole nitrogens is 4. The predicted octanol–water partition coefficient (Wildman–Crippen LogP) is 0.241. The standard InChI is InChI=1S/C69H83N21O11S2/c1-38-58(92)84-56(30-45-34-73-37-79-45)63(97)86-52(26-41-17-8-5-9-18-41)65(99)90-69(101)88-54(28-43-32-76-49-22-13-11-20-47(43)49)64(98)89-67(103-102-3)66(100)82-39(2)81-55(29-44-33-72-36-78-44)62(96)85-51(25-40-15-6-4-7-16-40)61(95)83-50(23-14-24-74-68(70)71)60(94)87-53(59(93)77-35-57(91)80-38)27-42-31-75-48-21-12-10-19-46(42)48/h4-13,15-22,31-34,36-39,50-56,67,75-76,81H,14,23-30,35H2,1-3H3,(H,72,78)(H,73,79)(H,77,93)(H,80,91)(H,82,100)(H,83,95)(H,84,92)(H,85,96)(H,86,97)(H,87,94)(H,89,98)(H4,70,71,74)(H2,88,90,99,101)/t38-,39-,50-,51+,52+,53-,54-,55-,56-,67?/m0/s1. The number of aromatic nitrogens is 6. The lowest BCUT2D eigenvalue weighted by molar-refractivity contribution is -0.134. The normalized spacial score (nSPS) is 22.5. The first kappa shape index (κ1) is 75.7. The Morgan fingerprint density at radius 2 is 0.961 bits per heavy atom. The summed E-state index contributed by atoms with van der Waals surface area (Å²) in [4.78, 5) is 181. The number of hydrogen-bond donors (Lipinski definition) is 19. The molecule has 1 fully saturated rings. The van der Waals surface area contributed by atoms with Crippen LogP contribution in [0.2, 0.25) is 0 Å². The minimum absolute atomic E-state index is 0.0821. The Morgan fingerprint density at radius 3 is 1.50 bits per heavy atom. The molecule has 4 aromatic heterocycles. The third-order valence-corrected chi connectivity index (χ3v) is 18.6. The van der Waals surface area contributed by atoms with Crippen molar-refractivity contribution in [3.8, 4) is 0 Å². The maximum absolute atomic E-state index is 15.0. The van der Waals surface area contributed by atoms with Crippen LogP contribution in [0.4, 0.5) is 4.79 Å². The second-order valence-electron chi connectivity index (χ2n) is 24.4. The molecule has 0 saturated carbocycles. The van der Waals surface area contributed by atoms with Crippen molar-refractivity contribution < 1.29 is 52.7 Å². The van der Waals surface area contributed by atoms with Gasteiger partial charge in [0.15, 0.2) is 11.3 Å². The Labute approximate surface area is 599 Å². The second-order valence-corrected chi connectivity index (χ2v) is 27.0. The first-order valence-electron chi connectivity index (χ1n) is 33.1. The van der Waals surface area contributed by atoms with E-state index in [1.807, 2.05) is 36.4 Å². The van der Waals surface area contributed by atoms with Crippen molar-refractivity contribution in [1.29, 1.82) is 5.41 Å². The lowest BCUT2D eigenvalue weighted by atomic mass is 10.0. The van der Waals surface area contributed by atoms with Crippen LogP contribution in [-0.4, -0.2) is 180 Å². The minimum Gasteiger partial charge on any atom is -0.370 e. The van der Waals surface area contributed by atoms with Crippen LogP contribution < -0.4 is 74.9 Å². The van der Waals surface area contributed by atoms with Crippen LogP contribution in [-0.2, 0) is 86.5 Å². The van der Waals surface area contributed by atoms with Gasteiger partial charge in [0.1, 0.15) is 42.3 Å². The number of imidazole rings is 2. The number of nitrogens with one attached hydrogen (secondary N) is 18. The molecule has 0 radical (unpaired) electrons. The second kappa shape index (κ2) is 37.2. The quantitative estimate of drug-likeness (QED) is 0.0237. The fourth-order valence-electron chi connectivity index (χ4n) is 11.6. The molecule has 1 unspecified atom stereocenters. The fraction of sp³-hybridized carbons (Fsp3) is 0.333. The average Bonchev–Trinajstić information content (AvgIpc) is 1.76. The Balaban J connectivity index is 1.06. The molecule has 12 amide bonds. The highest BCUT2D eigenvalue weighted by Gasteiger charge is 2.36. The van der Waals surface area contributed by atoms with E-state index < -0.39 is 132 Å². The van der Waals surface area contributed by atoms with Crippen molar-refractivity contribution >= 4 is 114 Å². The molecule has 4 aromatic carbocycles. The van der Waals surface area contributed by atoms with Gasteiger partial charge in [-0.2, -0.15) is 0 Å². The van der Waals surface area contributed by atoms with Crippen LogP contribution in [0.5, 0.6) is 0 Å². The summed E-state index contributed by atoms with van der Waals surface area (Å²) in [6, 6.07) is 19.2. The molecule has 20 N–H and O–H groups in total. The first-order chi connectivity index (χ1) is 49.7. The summed E-state index contributed by atoms with van der Waals surface area (Å²) < 4.78 is 0. The molecule has 0 aliphatic carbocycles. The van der Waals surface area contributed by atoms with Crippen LogP contribution in [0.15, 0.2) is 147 Å². The zero-order valence-electron chi connectivity index (χ0n) is 56.5. The van der Waals surface area contributed by atoms with Gasteiger partial charge in [0.2, 0.25) is 47.3 Å². The molecule has 542 valence electrons. The van der Waals surface area contributed by atoms with Gasteiger partial charge >= 0.3 is 6.03 Å². The van der Waals surface area contributed by atoms with Crippen LogP contribution >= 0.6 is 21.6 Å². The van der Waals surface area contributed by atoms with Gasteiger partial charge in [0, 0.05) is 91.7 Å². The Morgan fingerprint density at radius 1 is 0.495 bits per heavy atom. The monoisotopic (exact) mass is 1450 g/mol. The summed E-state index contributed by atoms with van der Waals surface area (Å²) in [6.07, 6.45) is 8.81. The number of aromatic amines is 4. The van der Waals surface area contributed by atoms with Gasteiger partial charge in [-0.1, -0.05) is 119 Å². The summed E-state index contributed by atoms with van der Waals surface area (Å²) in [5, 5.41) is 42.9. The third-order valence-electron chi connectivity index (χ3n) is 16.7. The summed E-state index contributed by atoms with van der Waals surface area (Å²) >= 11 is 0. The first-order valence-corrected chi connectivity index (χ1v) is 35.8. The molecule has 103 heavy (non-hydrogen) atoms. The number of carbonyl (C=O) groups excluding carboxylic acids is 11. The van der Waals surface area contributed by atoms with E-state index in [1.54, 1.807) is 105 Å². The van der Waals surface area contributed by atoms with Crippen LogP contribution in [0.3, 0.4) is 0 Å². The van der Waals surface area contributed by atoms with Crippen molar-refractivity contribution in [2.75, 3.05) is 19.3 Å². The molecule has 10 atom stereocenters. The number of amides is 12. The molecule has 1 saturated heterocycles. The Kier molecular flexibility index (Phi) is 27.4. The van der Waals surface area contributed by atoms with Crippen LogP contribution in [0, 0.1) is 5.41 Å². The number of nitrogens with zero attached hydrogens (tertiary/aromatic N) is 2. The van der Waals surface area contributed by atoms with Gasteiger partial charge in [0.05, 0.1) is 42.8 Å². The topological polar surface area (TPSA) is 483 Å². The van der Waals surface area contributed by atoms with Crippen molar-refractivity contribution in [2.24, 2.45) is 5.73 Å². The molecular formula is C69H83N21O11S2. The highest BCUT2D eigenvalue weighted by Crippen LogP contribution is 2.25. The Bertz CT molecular complexity index is 4250. The van der Waals surface area contributed by atoms with Gasteiger partial charge in [-0.05, 0) is 67.3 Å². The number of hydrogen-bond acceptors (Lipinski definition) is 17. The zero-order valence-corrected chi connectivity index (χ0v) is 58.1. The number of imide groups is 1. The number of para-hydroxylation sites is 2. The molecule has 9 rings (SSSR count). The maximum atomic E-state index is 15.0. The molecule has 5 heterocycles. The van der Waals surface area contributed by atoms with Crippen molar-refractivity contribution in [1.82, 2.24) is 99.0 Å². The predicted molar refractivity (Wildman–Crippen MR) is 386 cm³/mol. The van der Waals surface area contributed by atoms with Gasteiger partial charge in [-0.15, -0.1) is 0 Å². The summed E-state index contributed by atoms with van der Waals surface area (Å²) in [7, 11) is 2.09. The lowest BCUT2D eigenvalue weighted by Gasteiger charge is -2.28. The molecule has 1 aliphatic heterocycles. The van der Waals surface area contributed by atoms with Gasteiger partial charge < -0.3 is 84.2 Å². The third kappa shape index (κ3) is 22.5. The van der Waals surface area contributed by atoms with E-state index in [0.29, 0.717) is 55.4 Å². The lowest BCUT2D eigenvalue weighted by Crippen LogP contribution is -2.61. The van der Waals surface area contributed by atoms with Gasteiger partial charge in [0.25, 0.3) is 11.8 Å². The molecule has 0 bridgehead atoms. The van der Waals surface area contributed by atoms with Gasteiger partial charge in [-0.25, -0.2) is 14.8 Å². The highest BCUT2D eigenvalue weighted by atomic mass is 33.1. The van der Waals surface area contributed by atoms with E-state index in [1.165, 1.54) is 25.8 Å². The van der Waals surface area contributed by atoms with Crippen molar-refractivity contribution in [3.63, 3.8) is 0 Å². The number of carbonyl (C=O) groups is 11. The smallest absolute Gasteiger partial charge is 0.322 e. The number of fused-ring (bicyclic) bond motifs is 2. The minimum atomic E-state index is -1.52. The number of guanidine groups is 1. The SMILES string of the molecule is CSSC1NC(=O)[C@H](Cc2c[nH]c3ccccc23)NC(=O)NC(=O)[C@@H](Cc2ccccc2)NC(=O)[C@H](Cc2c[nH]cn2)NC(=O)[C@H](C)NC(=O)CNC(=O)[C@H](Cc2c[nH]c3ccccc23)NC(=O)[C@H](CCCNC(=N)N)NC(=O)[C@@H](Cc2ccccc2)NC(=O)[C@H](Cc2c[nH]cn2)N[C@H](C)NC1=O. The number of benzene rings is 4. The highest BCUT2D eigenvalue weighted by molar-refractivity contribution is 8.76.